The number of anilines is 2. The maximum Gasteiger partial charge on any atom is 0.338 e. The fourth-order valence-corrected chi connectivity index (χ4v) is 3.90. The molecule has 0 atom stereocenters. The van der Waals surface area contributed by atoms with Crippen molar-refractivity contribution in [1.29, 1.82) is 0 Å². The molecule has 0 fully saturated rings. The number of ether oxygens (including phenoxy) is 1. The van der Waals surface area contributed by atoms with E-state index in [1.54, 1.807) is 25.1 Å². The van der Waals surface area contributed by atoms with Crippen molar-refractivity contribution in [2.45, 2.75) is 13.5 Å². The summed E-state index contributed by atoms with van der Waals surface area (Å²) in [5, 5.41) is 6.40. The second kappa shape index (κ2) is 9.71. The van der Waals surface area contributed by atoms with E-state index in [2.05, 4.69) is 27.7 Å². The van der Waals surface area contributed by atoms with E-state index in [4.69, 9.17) is 4.74 Å². The first kappa shape index (κ1) is 22.3. The topological polar surface area (TPSA) is 70.7 Å². The van der Waals surface area contributed by atoms with Crippen molar-refractivity contribution in [3.8, 4) is 0 Å². The lowest BCUT2D eigenvalue weighted by Crippen LogP contribution is -2.12. The van der Waals surface area contributed by atoms with E-state index in [9.17, 15) is 9.59 Å². The summed E-state index contributed by atoms with van der Waals surface area (Å²) in [4.78, 5) is 27.4. The van der Waals surface area contributed by atoms with Crippen LogP contribution in [0.5, 0.6) is 0 Å². The van der Waals surface area contributed by atoms with E-state index in [1.165, 1.54) is 0 Å². The number of hydrogen-bond acceptors (Lipinski definition) is 5. The highest BCUT2D eigenvalue weighted by atomic mass is 16.5. The first-order valence-electron chi connectivity index (χ1n) is 10.9. The van der Waals surface area contributed by atoms with Gasteiger partial charge in [0.15, 0.2) is 0 Å². The molecule has 6 heteroatoms. The van der Waals surface area contributed by atoms with E-state index in [0.717, 1.165) is 28.9 Å². The molecule has 1 heterocycles. The monoisotopic (exact) mass is 441 g/mol. The highest BCUT2D eigenvalue weighted by Gasteiger charge is 2.29. The molecule has 1 amide bonds. The molecular weight excluding hydrogens is 414 g/mol. The van der Waals surface area contributed by atoms with Crippen LogP contribution in [0.15, 0.2) is 72.8 Å². The minimum atomic E-state index is -0.411. The van der Waals surface area contributed by atoms with Crippen LogP contribution >= 0.6 is 0 Å². The van der Waals surface area contributed by atoms with Crippen molar-refractivity contribution in [3.63, 3.8) is 0 Å². The molecule has 4 rings (SSSR count). The number of nitrogens with one attached hydrogen (secondary N) is 2. The summed E-state index contributed by atoms with van der Waals surface area (Å²) in [5.41, 5.74) is 5.93. The maximum atomic E-state index is 13.1. The summed E-state index contributed by atoms with van der Waals surface area (Å²) in [6.07, 6.45) is 0. The molecule has 0 unspecified atom stereocenters. The Bertz CT molecular complexity index is 1220. The number of benzene rings is 3. The van der Waals surface area contributed by atoms with E-state index in [0.29, 0.717) is 29.1 Å². The summed E-state index contributed by atoms with van der Waals surface area (Å²) in [6, 6.07) is 23.1. The number of carbonyl (C=O) groups is 2. The van der Waals surface area contributed by atoms with Gasteiger partial charge in [-0.05, 0) is 56.4 Å². The summed E-state index contributed by atoms with van der Waals surface area (Å²) in [5.74, 6) is -0.632. The Hall–Kier alpha value is -3.90. The number of amides is 1. The fourth-order valence-electron chi connectivity index (χ4n) is 3.90. The van der Waals surface area contributed by atoms with Crippen molar-refractivity contribution in [2.75, 3.05) is 31.3 Å². The van der Waals surface area contributed by atoms with Gasteiger partial charge in [0.25, 0.3) is 5.91 Å². The summed E-state index contributed by atoms with van der Waals surface area (Å²) in [6.45, 7) is 2.87. The molecule has 0 bridgehead atoms. The predicted octanol–water partition coefficient (Wildman–Crippen LogP) is 4.86. The number of esters is 1. The van der Waals surface area contributed by atoms with Crippen LogP contribution in [-0.4, -0.2) is 37.5 Å². The first-order chi connectivity index (χ1) is 16.0. The molecule has 2 N–H and O–H groups in total. The molecule has 0 saturated heterocycles. The SMILES string of the molecule is CCOC(=O)c1ccc2c(c1)NC(=O)C2=C(Nc1cccc(CN(C)C)c1)c1ccccc1. The third kappa shape index (κ3) is 4.96. The largest absolute Gasteiger partial charge is 0.462 e. The average molecular weight is 442 g/mol. The van der Waals surface area contributed by atoms with Crippen LogP contribution in [0, 0.1) is 0 Å². The predicted molar refractivity (Wildman–Crippen MR) is 132 cm³/mol. The Kier molecular flexibility index (Phi) is 6.56. The van der Waals surface area contributed by atoms with Crippen LogP contribution in [0.2, 0.25) is 0 Å². The van der Waals surface area contributed by atoms with Gasteiger partial charge in [-0.15, -0.1) is 0 Å². The molecule has 3 aromatic rings. The third-order valence-electron chi connectivity index (χ3n) is 5.28. The highest BCUT2D eigenvalue weighted by molar-refractivity contribution is 6.37. The number of fused-ring (bicyclic) bond motifs is 1. The van der Waals surface area contributed by atoms with E-state index < -0.39 is 5.97 Å². The van der Waals surface area contributed by atoms with Crippen molar-refractivity contribution < 1.29 is 14.3 Å². The number of hydrogen-bond donors (Lipinski definition) is 2. The van der Waals surface area contributed by atoms with E-state index in [-0.39, 0.29) is 5.91 Å². The Labute approximate surface area is 193 Å². The van der Waals surface area contributed by atoms with Gasteiger partial charge in [-0.25, -0.2) is 4.79 Å². The average Bonchev–Trinajstić information content (AvgIpc) is 3.12. The van der Waals surface area contributed by atoms with Gasteiger partial charge in [0.05, 0.1) is 29.1 Å². The van der Waals surface area contributed by atoms with Gasteiger partial charge in [0, 0.05) is 17.8 Å². The molecule has 3 aromatic carbocycles. The zero-order chi connectivity index (χ0) is 23.4. The number of carbonyl (C=O) groups excluding carboxylic acids is 2. The van der Waals surface area contributed by atoms with Crippen molar-refractivity contribution >= 4 is 34.5 Å². The summed E-state index contributed by atoms with van der Waals surface area (Å²) in [7, 11) is 4.06. The van der Waals surface area contributed by atoms with Gasteiger partial charge in [-0.2, -0.15) is 0 Å². The van der Waals surface area contributed by atoms with Crippen LogP contribution in [0.1, 0.15) is 34.0 Å². The molecule has 168 valence electrons. The Morgan fingerprint density at radius 1 is 0.970 bits per heavy atom. The molecule has 0 aliphatic carbocycles. The van der Waals surface area contributed by atoms with Gasteiger partial charge < -0.3 is 20.3 Å². The van der Waals surface area contributed by atoms with Crippen LogP contribution in [0.4, 0.5) is 11.4 Å². The molecule has 1 aliphatic heterocycles. The Morgan fingerprint density at radius 3 is 2.48 bits per heavy atom. The zero-order valence-electron chi connectivity index (χ0n) is 19.0. The fraction of sp³-hybridized carbons (Fsp3) is 0.185. The first-order valence-corrected chi connectivity index (χ1v) is 10.9. The lowest BCUT2D eigenvalue weighted by Gasteiger charge is -2.16. The lowest BCUT2D eigenvalue weighted by atomic mass is 9.99. The minimum absolute atomic E-state index is 0.221. The molecule has 0 aromatic heterocycles. The zero-order valence-corrected chi connectivity index (χ0v) is 19.0. The molecule has 6 nitrogen and oxygen atoms in total. The van der Waals surface area contributed by atoms with Crippen molar-refractivity contribution in [2.24, 2.45) is 0 Å². The summed E-state index contributed by atoms with van der Waals surface area (Å²) < 4.78 is 5.10. The normalized spacial score (nSPS) is 14.0. The quantitative estimate of drug-likeness (QED) is 0.405. The Morgan fingerprint density at radius 2 is 1.76 bits per heavy atom. The molecule has 33 heavy (non-hydrogen) atoms. The Balaban J connectivity index is 1.80. The van der Waals surface area contributed by atoms with Crippen LogP contribution in [-0.2, 0) is 16.1 Å². The van der Waals surface area contributed by atoms with E-state index in [1.807, 2.05) is 56.6 Å². The van der Waals surface area contributed by atoms with Gasteiger partial charge >= 0.3 is 5.97 Å². The molecule has 0 saturated carbocycles. The van der Waals surface area contributed by atoms with Gasteiger partial charge in [-0.3, -0.25) is 4.79 Å². The smallest absolute Gasteiger partial charge is 0.338 e. The van der Waals surface area contributed by atoms with E-state index >= 15 is 0 Å². The second-order valence-electron chi connectivity index (χ2n) is 8.11. The van der Waals surface area contributed by atoms with Gasteiger partial charge in [0.2, 0.25) is 0 Å². The van der Waals surface area contributed by atoms with Gasteiger partial charge in [-0.1, -0.05) is 48.5 Å². The lowest BCUT2D eigenvalue weighted by molar-refractivity contribution is -0.110. The standard InChI is InChI=1S/C27H27N3O3/c1-4-33-27(32)20-13-14-22-23(16-20)29-26(31)24(22)25(19-10-6-5-7-11-19)28-21-12-8-9-18(15-21)17-30(2)3/h5-16,28H,4,17H2,1-3H3,(H,29,31). The molecule has 0 spiro atoms. The number of nitrogens with zero attached hydrogens (tertiary/aromatic N) is 1. The van der Waals surface area contributed by atoms with Crippen LogP contribution in [0.3, 0.4) is 0 Å². The van der Waals surface area contributed by atoms with Crippen LogP contribution in [0.25, 0.3) is 11.3 Å². The molecule has 1 aliphatic rings. The van der Waals surface area contributed by atoms with Crippen LogP contribution < -0.4 is 10.6 Å². The maximum absolute atomic E-state index is 13.1. The number of rotatable bonds is 7. The highest BCUT2D eigenvalue weighted by Crippen LogP contribution is 2.38. The molecule has 0 radical (unpaired) electrons. The second-order valence-corrected chi connectivity index (χ2v) is 8.11. The molecular formula is C27H27N3O3. The minimum Gasteiger partial charge on any atom is -0.462 e. The summed E-state index contributed by atoms with van der Waals surface area (Å²) >= 11 is 0. The van der Waals surface area contributed by atoms with Crippen molar-refractivity contribution in [3.05, 3.63) is 95.1 Å². The van der Waals surface area contributed by atoms with Gasteiger partial charge in [0.1, 0.15) is 0 Å². The third-order valence-corrected chi connectivity index (χ3v) is 5.28. The van der Waals surface area contributed by atoms with Crippen molar-refractivity contribution in [1.82, 2.24) is 4.90 Å².